The zero-order chi connectivity index (χ0) is 11.5. The van der Waals surface area contributed by atoms with Gasteiger partial charge in [-0.3, -0.25) is 0 Å². The Bertz CT molecular complexity index is 578. The monoisotopic (exact) mass is 235 g/mol. The molecule has 0 aromatic carbocycles. The first-order valence-electron chi connectivity index (χ1n) is 4.73. The lowest BCUT2D eigenvalue weighted by molar-refractivity contribution is 0.927. The fourth-order valence-corrected chi connectivity index (χ4v) is 1.49. The minimum Gasteiger partial charge on any atom is -0.359 e. The van der Waals surface area contributed by atoms with Crippen LogP contribution < -0.4 is 5.32 Å². The summed E-state index contributed by atoms with van der Waals surface area (Å²) in [5, 5.41) is 7.64. The van der Waals surface area contributed by atoms with Crippen LogP contribution in [0.4, 0.5) is 5.82 Å². The highest BCUT2D eigenvalue weighted by Crippen LogP contribution is 2.21. The first-order valence-corrected chi connectivity index (χ1v) is 5.11. The molecule has 2 aromatic heterocycles. The van der Waals surface area contributed by atoms with Crippen LogP contribution in [-0.4, -0.2) is 26.1 Å². The summed E-state index contributed by atoms with van der Waals surface area (Å²) in [5.74, 6) is 6.97. The number of hydrogen-bond acceptors (Lipinski definition) is 4. The van der Waals surface area contributed by atoms with Crippen molar-refractivity contribution in [1.29, 1.82) is 0 Å². The Balaban J connectivity index is 2.49. The van der Waals surface area contributed by atoms with Crippen LogP contribution in [0.5, 0.6) is 0 Å². The second kappa shape index (κ2) is 4.37. The average Bonchev–Trinajstić information content (AvgIpc) is 2.71. The molecule has 0 bridgehead atoms. The second-order valence-electron chi connectivity index (χ2n) is 3.13. The van der Waals surface area contributed by atoms with Gasteiger partial charge in [-0.1, -0.05) is 17.5 Å². The normalized spacial score (nSPS) is 9.94. The molecule has 2 aromatic rings. The Morgan fingerprint density at radius 2 is 2.38 bits per heavy atom. The Hall–Kier alpha value is -1.80. The fourth-order valence-electron chi connectivity index (χ4n) is 1.32. The van der Waals surface area contributed by atoms with Crippen molar-refractivity contribution < 1.29 is 0 Å². The number of anilines is 1. The van der Waals surface area contributed by atoms with Crippen molar-refractivity contribution >= 4 is 23.2 Å². The van der Waals surface area contributed by atoms with E-state index in [0.29, 0.717) is 17.5 Å². The van der Waals surface area contributed by atoms with Crippen LogP contribution in [-0.2, 0) is 0 Å². The Morgan fingerprint density at radius 3 is 3.12 bits per heavy atom. The topological polar surface area (TPSA) is 55.1 Å². The van der Waals surface area contributed by atoms with Crippen LogP contribution in [0.2, 0.25) is 5.15 Å². The maximum absolute atomic E-state index is 5.99. The third-order valence-electron chi connectivity index (χ3n) is 2.13. The Labute approximate surface area is 97.9 Å². The minimum absolute atomic E-state index is 0.424. The van der Waals surface area contributed by atoms with Crippen LogP contribution in [0.15, 0.2) is 6.33 Å². The lowest BCUT2D eigenvalue weighted by Gasteiger charge is -2.09. The molecule has 2 heterocycles. The van der Waals surface area contributed by atoms with Gasteiger partial charge < -0.3 is 5.32 Å². The van der Waals surface area contributed by atoms with Crippen LogP contribution >= 0.6 is 11.6 Å². The summed E-state index contributed by atoms with van der Waals surface area (Å²) in [4.78, 5) is 8.09. The van der Waals surface area contributed by atoms with Gasteiger partial charge >= 0.3 is 0 Å². The van der Waals surface area contributed by atoms with E-state index < -0.39 is 0 Å². The molecule has 0 atom stereocenters. The molecule has 0 saturated carbocycles. The van der Waals surface area contributed by atoms with Crippen molar-refractivity contribution in [3.8, 4) is 11.8 Å². The number of nitrogens with zero attached hydrogens (tertiary/aromatic N) is 4. The zero-order valence-corrected chi connectivity index (χ0v) is 9.71. The van der Waals surface area contributed by atoms with Crippen LogP contribution in [0, 0.1) is 18.8 Å². The third-order valence-corrected chi connectivity index (χ3v) is 2.49. The predicted molar refractivity (Wildman–Crippen MR) is 62.5 cm³/mol. The Morgan fingerprint density at radius 1 is 1.56 bits per heavy atom. The molecule has 82 valence electrons. The van der Waals surface area contributed by atoms with Gasteiger partial charge in [-0.05, 0) is 13.8 Å². The second-order valence-corrected chi connectivity index (χ2v) is 3.49. The molecule has 0 aliphatic heterocycles. The van der Waals surface area contributed by atoms with E-state index in [1.54, 1.807) is 11.4 Å². The molecule has 0 amide bonds. The molecule has 0 aliphatic rings. The number of hydrogen-bond donors (Lipinski definition) is 1. The number of halogens is 1. The van der Waals surface area contributed by atoms with Gasteiger partial charge in [-0.2, -0.15) is 19.6 Å². The summed E-state index contributed by atoms with van der Waals surface area (Å²) in [6.07, 6.45) is 1.44. The number of fused-ring (bicyclic) bond motifs is 1. The molecule has 0 fully saturated rings. The molecule has 2 rings (SSSR count). The predicted octanol–water partition coefficient (Wildman–Crippen LogP) is 1.52. The molecule has 0 radical (unpaired) electrons. The zero-order valence-electron chi connectivity index (χ0n) is 8.95. The lowest BCUT2D eigenvalue weighted by Crippen LogP contribution is -2.09. The van der Waals surface area contributed by atoms with Gasteiger partial charge in [0.1, 0.15) is 17.3 Å². The Kier molecular flexibility index (Phi) is 2.93. The van der Waals surface area contributed by atoms with E-state index in [9.17, 15) is 0 Å². The highest BCUT2D eigenvalue weighted by atomic mass is 35.5. The lowest BCUT2D eigenvalue weighted by atomic mass is 10.3. The van der Waals surface area contributed by atoms with Crippen LogP contribution in [0.25, 0.3) is 5.78 Å². The van der Waals surface area contributed by atoms with E-state index in [1.165, 1.54) is 6.33 Å². The number of aromatic nitrogens is 4. The molecular formula is C10H10ClN5. The SMILES string of the molecule is CC#CCNc1c(C)c(Cl)nc2ncnn12. The smallest absolute Gasteiger partial charge is 0.255 e. The van der Waals surface area contributed by atoms with Gasteiger partial charge in [0, 0.05) is 5.56 Å². The summed E-state index contributed by atoms with van der Waals surface area (Å²) < 4.78 is 1.61. The van der Waals surface area contributed by atoms with Gasteiger partial charge in [-0.25, -0.2) is 0 Å². The summed E-state index contributed by atoms with van der Waals surface area (Å²) in [7, 11) is 0. The largest absolute Gasteiger partial charge is 0.359 e. The summed E-state index contributed by atoms with van der Waals surface area (Å²) in [5.41, 5.74) is 0.831. The highest BCUT2D eigenvalue weighted by molar-refractivity contribution is 6.30. The van der Waals surface area contributed by atoms with Crippen molar-refractivity contribution in [1.82, 2.24) is 19.6 Å². The van der Waals surface area contributed by atoms with E-state index in [4.69, 9.17) is 11.6 Å². The first-order chi connectivity index (χ1) is 7.74. The van der Waals surface area contributed by atoms with E-state index >= 15 is 0 Å². The van der Waals surface area contributed by atoms with E-state index in [0.717, 1.165) is 11.4 Å². The molecule has 0 aliphatic carbocycles. The molecule has 5 nitrogen and oxygen atoms in total. The maximum Gasteiger partial charge on any atom is 0.255 e. The molecule has 1 N–H and O–H groups in total. The molecule has 16 heavy (non-hydrogen) atoms. The minimum atomic E-state index is 0.424. The van der Waals surface area contributed by atoms with Crippen molar-refractivity contribution in [2.45, 2.75) is 13.8 Å². The van der Waals surface area contributed by atoms with Crippen molar-refractivity contribution in [3.05, 3.63) is 17.0 Å². The fraction of sp³-hybridized carbons (Fsp3) is 0.300. The summed E-state index contributed by atoms with van der Waals surface area (Å²) in [6.45, 7) is 4.20. The van der Waals surface area contributed by atoms with E-state index in [2.05, 4.69) is 32.2 Å². The van der Waals surface area contributed by atoms with Crippen molar-refractivity contribution in [2.75, 3.05) is 11.9 Å². The van der Waals surface area contributed by atoms with Crippen molar-refractivity contribution in [2.24, 2.45) is 0 Å². The molecule has 6 heteroatoms. The molecule has 0 saturated heterocycles. The van der Waals surface area contributed by atoms with Crippen molar-refractivity contribution in [3.63, 3.8) is 0 Å². The summed E-state index contributed by atoms with van der Waals surface area (Å²) in [6, 6.07) is 0. The number of nitrogens with one attached hydrogen (secondary N) is 1. The van der Waals surface area contributed by atoms with Gasteiger partial charge in [-0.15, -0.1) is 5.92 Å². The van der Waals surface area contributed by atoms with Gasteiger partial charge in [0.2, 0.25) is 0 Å². The van der Waals surface area contributed by atoms with E-state index in [1.807, 2.05) is 6.92 Å². The standard InChI is InChI=1S/C10H10ClN5/c1-3-4-5-12-9-7(2)8(11)15-10-13-6-14-16(9)10/h6,12H,5H2,1-2H3. The third kappa shape index (κ3) is 1.79. The van der Waals surface area contributed by atoms with Crippen LogP contribution in [0.3, 0.4) is 0 Å². The number of rotatable bonds is 2. The molecule has 0 spiro atoms. The van der Waals surface area contributed by atoms with Gasteiger partial charge in [0.05, 0.1) is 6.54 Å². The van der Waals surface area contributed by atoms with Gasteiger partial charge in [0.15, 0.2) is 0 Å². The molecular weight excluding hydrogens is 226 g/mol. The highest BCUT2D eigenvalue weighted by Gasteiger charge is 2.10. The first kappa shape index (κ1) is 10.7. The quantitative estimate of drug-likeness (QED) is 0.634. The summed E-state index contributed by atoms with van der Waals surface area (Å²) >= 11 is 5.99. The van der Waals surface area contributed by atoms with Crippen LogP contribution in [0.1, 0.15) is 12.5 Å². The molecule has 0 unspecified atom stereocenters. The van der Waals surface area contributed by atoms with Gasteiger partial charge in [0.25, 0.3) is 5.78 Å². The maximum atomic E-state index is 5.99. The average molecular weight is 236 g/mol. The van der Waals surface area contributed by atoms with E-state index in [-0.39, 0.29) is 0 Å².